The SMILES string of the molecule is O=C(COc1ccc(Cl)cc1)N(/N=C/c1ccc([N+](=O)[O-])s1)c1nc2ccc(Br)cc2s1. The van der Waals surface area contributed by atoms with E-state index in [1.807, 2.05) is 18.2 Å². The van der Waals surface area contributed by atoms with E-state index in [1.165, 1.54) is 23.6 Å². The summed E-state index contributed by atoms with van der Waals surface area (Å²) in [6, 6.07) is 15.2. The first kappa shape index (κ1) is 22.3. The number of thiophene rings is 1. The van der Waals surface area contributed by atoms with Crippen LogP contribution in [0.25, 0.3) is 10.2 Å². The van der Waals surface area contributed by atoms with E-state index in [0.717, 1.165) is 25.5 Å². The van der Waals surface area contributed by atoms with Gasteiger partial charge in [0.15, 0.2) is 6.61 Å². The molecule has 0 aliphatic carbocycles. The number of fused-ring (bicyclic) bond motifs is 1. The van der Waals surface area contributed by atoms with Gasteiger partial charge in [0, 0.05) is 15.6 Å². The number of nitro groups is 1. The highest BCUT2D eigenvalue weighted by molar-refractivity contribution is 9.10. The van der Waals surface area contributed by atoms with E-state index < -0.39 is 10.8 Å². The molecule has 0 radical (unpaired) electrons. The maximum atomic E-state index is 13.0. The molecule has 2 heterocycles. The first-order valence-corrected chi connectivity index (χ1v) is 11.7. The predicted octanol–water partition coefficient (Wildman–Crippen LogP) is 6.13. The molecule has 2 aromatic heterocycles. The molecule has 0 saturated heterocycles. The van der Waals surface area contributed by atoms with Crippen molar-refractivity contribution in [2.24, 2.45) is 5.10 Å². The minimum Gasteiger partial charge on any atom is -0.484 e. The van der Waals surface area contributed by atoms with Gasteiger partial charge in [-0.3, -0.25) is 14.9 Å². The second-order valence-corrected chi connectivity index (χ2v) is 9.69. The molecule has 8 nitrogen and oxygen atoms in total. The first-order chi connectivity index (χ1) is 15.4. The number of amides is 1. The number of aromatic nitrogens is 1. The Morgan fingerprint density at radius 1 is 1.22 bits per heavy atom. The molecular weight excluding hydrogens is 540 g/mol. The number of benzene rings is 2. The van der Waals surface area contributed by atoms with E-state index in [0.29, 0.717) is 26.3 Å². The molecule has 1 amide bonds. The highest BCUT2D eigenvalue weighted by Gasteiger charge is 2.20. The minimum atomic E-state index is -0.476. The predicted molar refractivity (Wildman–Crippen MR) is 130 cm³/mol. The molecule has 4 rings (SSSR count). The maximum absolute atomic E-state index is 13.0. The van der Waals surface area contributed by atoms with Crippen molar-refractivity contribution >= 4 is 82.7 Å². The number of ether oxygens (including phenoxy) is 1. The molecule has 32 heavy (non-hydrogen) atoms. The van der Waals surface area contributed by atoms with Crippen LogP contribution in [0.3, 0.4) is 0 Å². The average molecular weight is 552 g/mol. The number of hydrogen-bond donors (Lipinski definition) is 0. The quantitative estimate of drug-likeness (QED) is 0.156. The smallest absolute Gasteiger partial charge is 0.324 e. The lowest BCUT2D eigenvalue weighted by atomic mass is 10.3. The molecule has 4 aromatic rings. The number of anilines is 1. The summed E-state index contributed by atoms with van der Waals surface area (Å²) in [4.78, 5) is 28.4. The van der Waals surface area contributed by atoms with E-state index >= 15 is 0 Å². The van der Waals surface area contributed by atoms with E-state index in [-0.39, 0.29) is 11.6 Å². The van der Waals surface area contributed by atoms with Gasteiger partial charge in [-0.15, -0.1) is 0 Å². The molecule has 162 valence electrons. The van der Waals surface area contributed by atoms with Crippen LogP contribution in [0.5, 0.6) is 5.75 Å². The standard InChI is InChI=1S/C20H12BrClN4O4S2/c21-12-1-7-16-17(9-12)32-20(24-16)25(23-10-15-6-8-19(31-15)26(28)29)18(27)11-30-14-4-2-13(22)3-5-14/h1-10H,11H2/b23-10+. The van der Waals surface area contributed by atoms with Crippen molar-refractivity contribution in [3.63, 3.8) is 0 Å². The Morgan fingerprint density at radius 2 is 2.00 bits per heavy atom. The fourth-order valence-corrected chi connectivity index (χ4v) is 4.87. The molecule has 2 aromatic carbocycles. The van der Waals surface area contributed by atoms with Crippen molar-refractivity contribution < 1.29 is 14.5 Å². The van der Waals surface area contributed by atoms with Crippen molar-refractivity contribution in [2.75, 3.05) is 11.6 Å². The Kier molecular flexibility index (Phi) is 6.80. The molecule has 0 unspecified atom stereocenters. The third kappa shape index (κ3) is 5.30. The molecular formula is C20H12BrClN4O4S2. The summed E-state index contributed by atoms with van der Waals surface area (Å²) in [5.74, 6) is 0.0224. The van der Waals surface area contributed by atoms with Gasteiger partial charge >= 0.3 is 5.00 Å². The third-order valence-electron chi connectivity index (χ3n) is 4.03. The Balaban J connectivity index is 1.61. The Hall–Kier alpha value is -2.86. The summed E-state index contributed by atoms with van der Waals surface area (Å²) in [5, 5.41) is 17.2. The highest BCUT2D eigenvalue weighted by atomic mass is 79.9. The van der Waals surface area contributed by atoms with Gasteiger partial charge in [0.25, 0.3) is 5.91 Å². The zero-order valence-electron chi connectivity index (χ0n) is 16.0. The molecule has 0 spiro atoms. The van der Waals surface area contributed by atoms with Crippen LogP contribution in [0.2, 0.25) is 5.02 Å². The van der Waals surface area contributed by atoms with Crippen molar-refractivity contribution in [1.82, 2.24) is 4.98 Å². The summed E-state index contributed by atoms with van der Waals surface area (Å²) in [6.45, 7) is -0.289. The number of carbonyl (C=O) groups is 1. The summed E-state index contributed by atoms with van der Waals surface area (Å²) in [5.41, 5.74) is 0.714. The number of carbonyl (C=O) groups excluding carboxylic acids is 1. The number of thiazole rings is 1. The third-order valence-corrected chi connectivity index (χ3v) is 6.74. The Bertz CT molecular complexity index is 1320. The fourth-order valence-electron chi connectivity index (χ4n) is 2.56. The molecule has 0 fully saturated rings. The van der Waals surface area contributed by atoms with Gasteiger partial charge in [0.2, 0.25) is 5.13 Å². The minimum absolute atomic E-state index is 0.0137. The zero-order chi connectivity index (χ0) is 22.7. The van der Waals surface area contributed by atoms with Gasteiger partial charge in [-0.25, -0.2) is 4.98 Å². The summed E-state index contributed by atoms with van der Waals surface area (Å²) < 4.78 is 7.32. The van der Waals surface area contributed by atoms with Crippen LogP contribution in [-0.4, -0.2) is 28.6 Å². The number of hydrazone groups is 1. The van der Waals surface area contributed by atoms with Crippen LogP contribution in [0.4, 0.5) is 10.1 Å². The lowest BCUT2D eigenvalue weighted by Gasteiger charge is -2.14. The van der Waals surface area contributed by atoms with Crippen molar-refractivity contribution in [2.45, 2.75) is 0 Å². The van der Waals surface area contributed by atoms with Crippen LogP contribution in [-0.2, 0) is 4.79 Å². The van der Waals surface area contributed by atoms with E-state index in [2.05, 4.69) is 26.0 Å². The van der Waals surface area contributed by atoms with Crippen molar-refractivity contribution in [3.8, 4) is 5.75 Å². The van der Waals surface area contributed by atoms with Gasteiger partial charge in [-0.2, -0.15) is 10.1 Å². The van der Waals surface area contributed by atoms with E-state index in [4.69, 9.17) is 16.3 Å². The van der Waals surface area contributed by atoms with E-state index in [1.54, 1.807) is 30.3 Å². The van der Waals surface area contributed by atoms with Crippen LogP contribution in [0.15, 0.2) is 64.2 Å². The molecule has 0 aliphatic heterocycles. The van der Waals surface area contributed by atoms with Gasteiger partial charge in [0.05, 0.1) is 26.2 Å². The van der Waals surface area contributed by atoms with Crippen LogP contribution >= 0.6 is 50.2 Å². The lowest BCUT2D eigenvalue weighted by molar-refractivity contribution is -0.380. The normalized spacial score (nSPS) is 11.2. The number of rotatable bonds is 7. The first-order valence-electron chi connectivity index (χ1n) is 8.95. The Labute approximate surface area is 203 Å². The second kappa shape index (κ2) is 9.74. The number of halogens is 2. The molecule has 0 atom stereocenters. The van der Waals surface area contributed by atoms with Gasteiger partial charge in [-0.1, -0.05) is 50.2 Å². The van der Waals surface area contributed by atoms with Gasteiger partial charge in [0.1, 0.15) is 5.75 Å². The summed E-state index contributed by atoms with van der Waals surface area (Å²) in [7, 11) is 0. The summed E-state index contributed by atoms with van der Waals surface area (Å²) in [6.07, 6.45) is 1.39. The maximum Gasteiger partial charge on any atom is 0.324 e. The van der Waals surface area contributed by atoms with Crippen LogP contribution in [0, 0.1) is 10.1 Å². The Morgan fingerprint density at radius 3 is 2.72 bits per heavy atom. The van der Waals surface area contributed by atoms with Crippen LogP contribution < -0.4 is 9.75 Å². The monoisotopic (exact) mass is 550 g/mol. The zero-order valence-corrected chi connectivity index (χ0v) is 19.9. The fraction of sp³-hybridized carbons (Fsp3) is 0.0500. The summed E-state index contributed by atoms with van der Waals surface area (Å²) >= 11 is 11.5. The average Bonchev–Trinajstić information content (AvgIpc) is 3.40. The number of hydrogen-bond acceptors (Lipinski definition) is 8. The number of nitrogens with zero attached hydrogens (tertiary/aromatic N) is 4. The van der Waals surface area contributed by atoms with Crippen LogP contribution in [0.1, 0.15) is 4.88 Å². The highest BCUT2D eigenvalue weighted by Crippen LogP contribution is 2.31. The van der Waals surface area contributed by atoms with Gasteiger partial charge in [-0.05, 0) is 48.5 Å². The molecule has 0 aliphatic rings. The molecule has 0 bridgehead atoms. The lowest BCUT2D eigenvalue weighted by Crippen LogP contribution is -2.30. The molecule has 0 N–H and O–H groups in total. The molecule has 12 heteroatoms. The van der Waals surface area contributed by atoms with E-state index in [9.17, 15) is 14.9 Å². The topological polar surface area (TPSA) is 97.9 Å². The van der Waals surface area contributed by atoms with Crippen molar-refractivity contribution in [1.29, 1.82) is 0 Å². The van der Waals surface area contributed by atoms with Crippen molar-refractivity contribution in [3.05, 3.63) is 79.1 Å². The second-order valence-electron chi connectivity index (χ2n) is 6.23. The molecule has 0 saturated carbocycles. The van der Waals surface area contributed by atoms with Gasteiger partial charge < -0.3 is 4.74 Å². The largest absolute Gasteiger partial charge is 0.484 e.